The number of esters is 1. The number of carbonyl (C=O) groups excluding carboxylic acids is 2. The minimum atomic E-state index is -0.749. The highest BCUT2D eigenvalue weighted by molar-refractivity contribution is 6.07. The van der Waals surface area contributed by atoms with Gasteiger partial charge < -0.3 is 19.9 Å². The first-order valence-corrected chi connectivity index (χ1v) is 19.9. The number of nitrogens with one attached hydrogen (secondary N) is 2. The third-order valence-corrected chi connectivity index (χ3v) is 11.7. The van der Waals surface area contributed by atoms with E-state index in [-0.39, 0.29) is 11.9 Å². The quantitative estimate of drug-likeness (QED) is 0.0959. The van der Waals surface area contributed by atoms with Gasteiger partial charge >= 0.3 is 5.97 Å². The van der Waals surface area contributed by atoms with Gasteiger partial charge in [0.15, 0.2) is 0 Å². The van der Waals surface area contributed by atoms with Crippen molar-refractivity contribution in [3.63, 3.8) is 0 Å². The van der Waals surface area contributed by atoms with Crippen LogP contribution in [0.1, 0.15) is 77.8 Å². The number of rotatable bonds is 12. The first-order chi connectivity index (χ1) is 28.0. The van der Waals surface area contributed by atoms with Gasteiger partial charge in [-0.15, -0.1) is 0 Å². The number of nitrogens with zero attached hydrogens (tertiary/aromatic N) is 2. The summed E-state index contributed by atoms with van der Waals surface area (Å²) in [6, 6.07) is 51.1. The van der Waals surface area contributed by atoms with Gasteiger partial charge in [0, 0.05) is 23.5 Å². The minimum absolute atomic E-state index is 0.0641. The molecule has 0 bridgehead atoms. The number of aromatic nitrogens is 2. The van der Waals surface area contributed by atoms with Crippen molar-refractivity contribution in [1.29, 1.82) is 0 Å². The number of aromatic amines is 1. The number of amides is 1. The molecule has 0 spiro atoms. The van der Waals surface area contributed by atoms with Crippen molar-refractivity contribution in [3.8, 4) is 11.1 Å². The second kappa shape index (κ2) is 16.7. The smallest absolute Gasteiger partial charge is 0.328 e. The van der Waals surface area contributed by atoms with Crippen molar-refractivity contribution in [1.82, 2.24) is 14.9 Å². The van der Waals surface area contributed by atoms with E-state index in [9.17, 15) is 4.79 Å². The number of carbonyl (C=O) groups is 2. The summed E-state index contributed by atoms with van der Waals surface area (Å²) < 4.78 is 5.23. The maximum atomic E-state index is 15.2. The Bertz CT molecular complexity index is 2330. The van der Waals surface area contributed by atoms with E-state index in [1.165, 1.54) is 7.11 Å². The molecule has 1 aliphatic carbocycles. The fraction of sp³-hybridized carbons (Fsp3) is 0.220. The molecule has 7 nitrogen and oxygen atoms in total. The zero-order valence-corrected chi connectivity index (χ0v) is 32.5. The number of benzene rings is 6. The van der Waals surface area contributed by atoms with Gasteiger partial charge in [0.25, 0.3) is 5.91 Å². The standard InChI is InChI=1S/C50H48N4O3/c1-35(49(56)57-2)54(41-26-13-6-14-27-41)48(55)44-31-30-40(32-45(44)43-29-17-19-36-18-15-16-28-42(36)43)53-47(46-33-51-34-52-46)50(37-20-7-3-8-21-37,38-22-9-4-10-23-38)39-24-11-5-12-25-39/h3-5,7-12,15-25,28-35,41,47,53H,6,13-14,26-27H2,1-2H3,(H,51,52)/t35-,47?/m0/s1. The molecule has 1 fully saturated rings. The zero-order chi connectivity index (χ0) is 39.2. The highest BCUT2D eigenvalue weighted by Gasteiger charge is 2.46. The van der Waals surface area contributed by atoms with E-state index in [2.05, 4.69) is 113 Å². The SMILES string of the molecule is COC(=O)[C@H](C)N(C(=O)c1ccc(NC(c2c[nH]cn2)C(c2ccccc2)(c2ccccc2)c2ccccc2)cc1-c1cccc2ccccc12)C1CCCCC1. The summed E-state index contributed by atoms with van der Waals surface area (Å²) >= 11 is 0. The molecule has 2 N–H and O–H groups in total. The van der Waals surface area contributed by atoms with Crippen molar-refractivity contribution in [2.24, 2.45) is 0 Å². The molecule has 1 unspecified atom stereocenters. The fourth-order valence-electron chi connectivity index (χ4n) is 9.05. The Morgan fingerprint density at radius 1 is 0.737 bits per heavy atom. The molecule has 2 atom stereocenters. The molecule has 0 saturated heterocycles. The number of fused-ring (bicyclic) bond motifs is 1. The topological polar surface area (TPSA) is 87.3 Å². The second-order valence-electron chi connectivity index (χ2n) is 15.0. The van der Waals surface area contributed by atoms with Gasteiger partial charge in [-0.2, -0.15) is 0 Å². The number of anilines is 1. The average Bonchev–Trinajstić information content (AvgIpc) is 3.82. The summed E-state index contributed by atoms with van der Waals surface area (Å²) in [4.78, 5) is 38.3. The molecule has 286 valence electrons. The van der Waals surface area contributed by atoms with Gasteiger partial charge in [-0.1, -0.05) is 153 Å². The van der Waals surface area contributed by atoms with Crippen molar-refractivity contribution in [2.45, 2.75) is 62.6 Å². The Hall–Kier alpha value is -6.47. The summed E-state index contributed by atoms with van der Waals surface area (Å²) in [5.41, 5.74) is 6.46. The van der Waals surface area contributed by atoms with Crippen molar-refractivity contribution < 1.29 is 14.3 Å². The van der Waals surface area contributed by atoms with E-state index >= 15 is 4.79 Å². The lowest BCUT2D eigenvalue weighted by molar-refractivity contribution is -0.146. The Balaban J connectivity index is 1.34. The molecule has 1 aromatic heterocycles. The molecule has 7 heteroatoms. The highest BCUT2D eigenvalue weighted by atomic mass is 16.5. The zero-order valence-electron chi connectivity index (χ0n) is 32.5. The number of H-pyrrole nitrogens is 1. The van der Waals surface area contributed by atoms with Crippen LogP contribution in [0.15, 0.2) is 164 Å². The minimum Gasteiger partial charge on any atom is -0.467 e. The Kier molecular flexibility index (Phi) is 11.0. The second-order valence-corrected chi connectivity index (χ2v) is 15.0. The predicted molar refractivity (Wildman–Crippen MR) is 228 cm³/mol. The Morgan fingerprint density at radius 2 is 1.33 bits per heavy atom. The Labute approximate surface area is 334 Å². The van der Waals surface area contributed by atoms with Gasteiger partial charge in [0.2, 0.25) is 0 Å². The maximum absolute atomic E-state index is 15.2. The number of hydrogen-bond donors (Lipinski definition) is 2. The molecule has 6 aromatic carbocycles. The van der Waals surface area contributed by atoms with E-state index in [1.807, 2.05) is 54.7 Å². The highest BCUT2D eigenvalue weighted by Crippen LogP contribution is 2.50. The molecule has 1 saturated carbocycles. The molecule has 0 aliphatic heterocycles. The lowest BCUT2D eigenvalue weighted by atomic mass is 9.63. The lowest BCUT2D eigenvalue weighted by Crippen LogP contribution is -2.50. The van der Waals surface area contributed by atoms with E-state index < -0.39 is 23.5 Å². The first-order valence-electron chi connectivity index (χ1n) is 19.9. The van der Waals surface area contributed by atoms with Crippen LogP contribution in [0.3, 0.4) is 0 Å². The fourth-order valence-corrected chi connectivity index (χ4v) is 9.05. The first kappa shape index (κ1) is 37.5. The van der Waals surface area contributed by atoms with Crippen molar-refractivity contribution in [3.05, 3.63) is 192 Å². The predicted octanol–water partition coefficient (Wildman–Crippen LogP) is 10.8. The summed E-state index contributed by atoms with van der Waals surface area (Å²) in [6.07, 6.45) is 8.54. The Morgan fingerprint density at radius 3 is 1.93 bits per heavy atom. The van der Waals surface area contributed by atoms with Crippen LogP contribution in [-0.4, -0.2) is 45.9 Å². The number of hydrogen-bond acceptors (Lipinski definition) is 5. The van der Waals surface area contributed by atoms with E-state index in [4.69, 9.17) is 9.72 Å². The molecule has 8 rings (SSSR count). The number of imidazole rings is 1. The molecule has 1 amide bonds. The van der Waals surface area contributed by atoms with E-state index in [0.717, 1.165) is 82.1 Å². The van der Waals surface area contributed by atoms with Crippen LogP contribution in [0.25, 0.3) is 21.9 Å². The van der Waals surface area contributed by atoms with E-state index in [0.29, 0.717) is 5.56 Å². The van der Waals surface area contributed by atoms with Gasteiger partial charge in [-0.25, -0.2) is 9.78 Å². The van der Waals surface area contributed by atoms with Crippen LogP contribution in [-0.2, 0) is 14.9 Å². The van der Waals surface area contributed by atoms with Gasteiger partial charge in [0.05, 0.1) is 30.6 Å². The van der Waals surface area contributed by atoms with Crippen LogP contribution < -0.4 is 5.32 Å². The van der Waals surface area contributed by atoms with Gasteiger partial charge in [-0.3, -0.25) is 4.79 Å². The lowest BCUT2D eigenvalue weighted by Gasteiger charge is -2.43. The third-order valence-electron chi connectivity index (χ3n) is 11.7. The largest absolute Gasteiger partial charge is 0.467 e. The van der Waals surface area contributed by atoms with Crippen LogP contribution >= 0.6 is 0 Å². The van der Waals surface area contributed by atoms with Crippen LogP contribution in [0.2, 0.25) is 0 Å². The van der Waals surface area contributed by atoms with Crippen molar-refractivity contribution in [2.75, 3.05) is 12.4 Å². The maximum Gasteiger partial charge on any atom is 0.328 e. The van der Waals surface area contributed by atoms with Gasteiger partial charge in [-0.05, 0) is 76.6 Å². The normalized spacial score (nSPS) is 14.4. The average molecular weight is 753 g/mol. The molecule has 57 heavy (non-hydrogen) atoms. The summed E-state index contributed by atoms with van der Waals surface area (Å²) in [6.45, 7) is 1.79. The summed E-state index contributed by atoms with van der Waals surface area (Å²) in [7, 11) is 1.39. The molecule has 1 aliphatic rings. The van der Waals surface area contributed by atoms with Gasteiger partial charge in [0.1, 0.15) is 6.04 Å². The summed E-state index contributed by atoms with van der Waals surface area (Å²) in [5.74, 6) is -0.592. The van der Waals surface area contributed by atoms with Crippen LogP contribution in [0.4, 0.5) is 5.69 Å². The molecular formula is C50H48N4O3. The molecular weight excluding hydrogens is 705 g/mol. The molecule has 7 aromatic rings. The summed E-state index contributed by atoms with van der Waals surface area (Å²) in [5, 5.41) is 6.11. The third kappa shape index (κ3) is 7.22. The monoisotopic (exact) mass is 752 g/mol. The van der Waals surface area contributed by atoms with Crippen LogP contribution in [0, 0.1) is 0 Å². The van der Waals surface area contributed by atoms with Crippen molar-refractivity contribution >= 4 is 28.3 Å². The number of methoxy groups -OCH3 is 1. The number of ether oxygens (including phenoxy) is 1. The van der Waals surface area contributed by atoms with E-state index in [1.54, 1.807) is 18.2 Å². The molecule has 0 radical (unpaired) electrons. The van der Waals surface area contributed by atoms with Crippen LogP contribution in [0.5, 0.6) is 0 Å². The molecule has 1 heterocycles.